The quantitative estimate of drug-likeness (QED) is 0.674. The van der Waals surface area contributed by atoms with Crippen LogP contribution in [0.2, 0.25) is 0 Å². The van der Waals surface area contributed by atoms with Gasteiger partial charge in [-0.1, -0.05) is 0 Å². The number of amides is 2. The summed E-state index contributed by atoms with van der Waals surface area (Å²) in [5, 5.41) is 6.25. The summed E-state index contributed by atoms with van der Waals surface area (Å²) in [6, 6.07) is 3.38. The number of hydrogen-bond acceptors (Lipinski definition) is 6. The van der Waals surface area contributed by atoms with Gasteiger partial charge in [0.05, 0.1) is 11.1 Å². The molecule has 0 aromatic carbocycles. The zero-order chi connectivity index (χ0) is 22.3. The fourth-order valence-corrected chi connectivity index (χ4v) is 5.65. The topological polar surface area (TPSA) is 132 Å². The first-order chi connectivity index (χ1) is 15.3. The Morgan fingerprint density at radius 3 is 2.38 bits per heavy atom. The van der Waals surface area contributed by atoms with Crippen molar-refractivity contribution < 1.29 is 9.59 Å². The second-order valence-electron chi connectivity index (χ2n) is 10.1. The number of carbonyl (C=O) groups excluding carboxylic acids is 2. The third-order valence-electron chi connectivity index (χ3n) is 8.12. The maximum absolute atomic E-state index is 13.6. The van der Waals surface area contributed by atoms with E-state index < -0.39 is 17.0 Å². The van der Waals surface area contributed by atoms with Gasteiger partial charge in [-0.25, -0.2) is 9.97 Å². The van der Waals surface area contributed by atoms with Crippen LogP contribution < -0.4 is 21.9 Å². The molecule has 2 amide bonds. The van der Waals surface area contributed by atoms with Crippen LogP contribution in [-0.4, -0.2) is 26.3 Å². The van der Waals surface area contributed by atoms with E-state index in [4.69, 9.17) is 5.73 Å². The molecule has 2 aromatic heterocycles. The predicted molar refractivity (Wildman–Crippen MR) is 116 cm³/mol. The number of nitrogens with zero attached hydrogens (tertiary/aromatic N) is 3. The predicted octanol–water partition coefficient (Wildman–Crippen LogP) is 1.96. The maximum Gasteiger partial charge on any atom is 0.276 e. The molecule has 32 heavy (non-hydrogen) atoms. The van der Waals surface area contributed by atoms with Crippen molar-refractivity contribution in [3.05, 3.63) is 45.8 Å². The van der Waals surface area contributed by atoms with Crippen LogP contribution in [0.4, 0.5) is 11.5 Å². The molecule has 6 rings (SSSR count). The van der Waals surface area contributed by atoms with Crippen LogP contribution in [-0.2, 0) is 15.9 Å². The standard InChI is InChI=1S/C23H26N6O3/c1-13-10-14(27-16-11-15(25-12-26-16)22(6-7-22)20(24)32)19(31)29-17(13)18(30)28-23(29)8-4-21(2-3-21)5-9-23/h10-12H,2-9H2,1H3,(H2,24,32)(H,28,30)(H,25,26,27). The van der Waals surface area contributed by atoms with E-state index in [9.17, 15) is 14.4 Å². The van der Waals surface area contributed by atoms with E-state index in [1.807, 2.05) is 6.92 Å². The Morgan fingerprint density at radius 2 is 1.75 bits per heavy atom. The SMILES string of the molecule is Cc1cc(Nc2cc(C3(C(N)=O)CC3)ncn2)c(=O)n2c1C(=O)NC21CCC2(CC2)CC1. The molecule has 1 aliphatic heterocycles. The second-order valence-corrected chi connectivity index (χ2v) is 10.1. The average molecular weight is 435 g/mol. The molecule has 0 radical (unpaired) electrons. The van der Waals surface area contributed by atoms with Crippen LogP contribution in [0, 0.1) is 12.3 Å². The first kappa shape index (κ1) is 19.5. The van der Waals surface area contributed by atoms with Gasteiger partial charge in [0.2, 0.25) is 5.91 Å². The van der Waals surface area contributed by atoms with Crippen molar-refractivity contribution in [3.8, 4) is 0 Å². The van der Waals surface area contributed by atoms with Gasteiger partial charge in [-0.15, -0.1) is 0 Å². The van der Waals surface area contributed by atoms with Crippen LogP contribution in [0.1, 0.15) is 73.1 Å². The van der Waals surface area contributed by atoms with Gasteiger partial charge in [0.25, 0.3) is 11.5 Å². The molecule has 4 N–H and O–H groups in total. The van der Waals surface area contributed by atoms with Crippen molar-refractivity contribution >= 4 is 23.3 Å². The molecule has 0 saturated heterocycles. The van der Waals surface area contributed by atoms with Crippen LogP contribution in [0.15, 0.2) is 23.3 Å². The number of fused-ring (bicyclic) bond motifs is 2. The number of rotatable bonds is 4. The summed E-state index contributed by atoms with van der Waals surface area (Å²) < 4.78 is 1.68. The molecule has 3 aliphatic carbocycles. The van der Waals surface area contributed by atoms with Gasteiger partial charge < -0.3 is 16.4 Å². The molecule has 3 heterocycles. The zero-order valence-electron chi connectivity index (χ0n) is 18.0. The van der Waals surface area contributed by atoms with Gasteiger partial charge in [0, 0.05) is 6.07 Å². The lowest BCUT2D eigenvalue weighted by Gasteiger charge is -2.39. The highest BCUT2D eigenvalue weighted by Crippen LogP contribution is 2.59. The molecule has 0 unspecified atom stereocenters. The first-order valence-electron chi connectivity index (χ1n) is 11.3. The van der Waals surface area contributed by atoms with Crippen molar-refractivity contribution in [2.75, 3.05) is 5.32 Å². The minimum absolute atomic E-state index is 0.181. The Hall–Kier alpha value is -3.23. The number of anilines is 2. The van der Waals surface area contributed by atoms with Crippen LogP contribution in [0.25, 0.3) is 0 Å². The Morgan fingerprint density at radius 1 is 1.06 bits per heavy atom. The van der Waals surface area contributed by atoms with Crippen LogP contribution in [0.3, 0.4) is 0 Å². The molecule has 166 valence electrons. The zero-order valence-corrected chi connectivity index (χ0v) is 18.0. The lowest BCUT2D eigenvalue weighted by Crippen LogP contribution is -2.50. The highest BCUT2D eigenvalue weighted by atomic mass is 16.2. The molecular weight excluding hydrogens is 408 g/mol. The Balaban J connectivity index is 1.38. The van der Waals surface area contributed by atoms with Crippen molar-refractivity contribution in [2.45, 2.75) is 69.4 Å². The molecule has 9 nitrogen and oxygen atoms in total. The van der Waals surface area contributed by atoms with Crippen LogP contribution in [0.5, 0.6) is 0 Å². The van der Waals surface area contributed by atoms with Gasteiger partial charge >= 0.3 is 0 Å². The number of nitrogens with two attached hydrogens (primary N) is 1. The van der Waals surface area contributed by atoms with Gasteiger partial charge in [0.15, 0.2) is 0 Å². The highest BCUT2D eigenvalue weighted by Gasteiger charge is 2.54. The van der Waals surface area contributed by atoms with E-state index in [1.165, 1.54) is 19.2 Å². The van der Waals surface area contributed by atoms with Gasteiger partial charge in [0.1, 0.15) is 29.2 Å². The molecular formula is C23H26N6O3. The van der Waals surface area contributed by atoms with E-state index in [2.05, 4.69) is 20.6 Å². The number of primary amides is 1. The normalized spacial score (nSPS) is 23.0. The lowest BCUT2D eigenvalue weighted by atomic mass is 9.79. The average Bonchev–Trinajstić information content (AvgIpc) is 3.68. The first-order valence-corrected chi connectivity index (χ1v) is 11.3. The van der Waals surface area contributed by atoms with Crippen molar-refractivity contribution in [1.82, 2.24) is 19.9 Å². The van der Waals surface area contributed by atoms with E-state index >= 15 is 0 Å². The lowest BCUT2D eigenvalue weighted by molar-refractivity contribution is -0.120. The molecule has 9 heteroatoms. The van der Waals surface area contributed by atoms with E-state index in [0.717, 1.165) is 31.2 Å². The minimum atomic E-state index is -0.733. The summed E-state index contributed by atoms with van der Waals surface area (Å²) in [6.45, 7) is 1.85. The van der Waals surface area contributed by atoms with E-state index in [0.29, 0.717) is 41.1 Å². The Labute approximate surface area is 184 Å². The number of aromatic nitrogens is 3. The monoisotopic (exact) mass is 434 g/mol. The van der Waals surface area contributed by atoms with E-state index in [1.54, 1.807) is 16.7 Å². The molecule has 0 bridgehead atoms. The van der Waals surface area contributed by atoms with Gasteiger partial charge in [-0.2, -0.15) is 0 Å². The van der Waals surface area contributed by atoms with Crippen molar-refractivity contribution in [2.24, 2.45) is 11.1 Å². The maximum atomic E-state index is 13.6. The molecule has 3 saturated carbocycles. The van der Waals surface area contributed by atoms with Gasteiger partial charge in [-0.3, -0.25) is 19.0 Å². The second kappa shape index (κ2) is 6.17. The summed E-state index contributed by atoms with van der Waals surface area (Å²) >= 11 is 0. The fraction of sp³-hybridized carbons (Fsp3) is 0.522. The fourth-order valence-electron chi connectivity index (χ4n) is 5.65. The molecule has 2 aromatic rings. The molecule has 3 fully saturated rings. The summed E-state index contributed by atoms with van der Waals surface area (Å²) in [5.41, 5.74) is 6.48. The summed E-state index contributed by atoms with van der Waals surface area (Å²) in [6.07, 6.45) is 8.81. The number of pyridine rings is 1. The summed E-state index contributed by atoms with van der Waals surface area (Å²) in [4.78, 5) is 46.8. The number of carbonyl (C=O) groups is 2. The van der Waals surface area contributed by atoms with E-state index in [-0.39, 0.29) is 11.5 Å². The van der Waals surface area contributed by atoms with Gasteiger partial charge in [-0.05, 0) is 75.3 Å². The minimum Gasteiger partial charge on any atom is -0.369 e. The van der Waals surface area contributed by atoms with Crippen molar-refractivity contribution in [3.63, 3.8) is 0 Å². The Kier molecular flexibility index (Phi) is 3.75. The summed E-state index contributed by atoms with van der Waals surface area (Å²) in [5.74, 6) is -0.154. The third-order valence-corrected chi connectivity index (χ3v) is 8.12. The molecule has 2 spiro atoms. The number of hydrogen-bond donors (Lipinski definition) is 3. The molecule has 0 atom stereocenters. The van der Waals surface area contributed by atoms with Crippen molar-refractivity contribution in [1.29, 1.82) is 0 Å². The third kappa shape index (κ3) is 2.66. The largest absolute Gasteiger partial charge is 0.369 e. The Bertz CT molecular complexity index is 1230. The number of nitrogens with one attached hydrogen (secondary N) is 2. The summed E-state index contributed by atoms with van der Waals surface area (Å²) in [7, 11) is 0. The number of aryl methyl sites for hydroxylation is 1. The van der Waals surface area contributed by atoms with Crippen LogP contribution >= 0.6 is 0 Å². The highest BCUT2D eigenvalue weighted by molar-refractivity contribution is 5.97. The molecule has 4 aliphatic rings. The smallest absolute Gasteiger partial charge is 0.276 e.